The van der Waals surface area contributed by atoms with Crippen molar-refractivity contribution in [3.63, 3.8) is 0 Å². The van der Waals surface area contributed by atoms with Gasteiger partial charge in [0.15, 0.2) is 0 Å². The lowest BCUT2D eigenvalue weighted by Crippen LogP contribution is -2.41. The molecular formula is C20H22N2O5. The van der Waals surface area contributed by atoms with Gasteiger partial charge in [0, 0.05) is 5.69 Å². The Morgan fingerprint density at radius 1 is 1.33 bits per heavy atom. The maximum atomic E-state index is 12.9. The Labute approximate surface area is 157 Å². The zero-order chi connectivity index (χ0) is 19.2. The Morgan fingerprint density at radius 3 is 2.78 bits per heavy atom. The van der Waals surface area contributed by atoms with E-state index >= 15 is 0 Å². The predicted molar refractivity (Wildman–Crippen MR) is 96.7 cm³/mol. The minimum atomic E-state index is -0.830. The van der Waals surface area contributed by atoms with Crippen molar-refractivity contribution in [1.82, 2.24) is 4.90 Å². The van der Waals surface area contributed by atoms with Crippen LogP contribution in [0.3, 0.4) is 0 Å². The number of rotatable bonds is 5. The van der Waals surface area contributed by atoms with Gasteiger partial charge in [0.25, 0.3) is 0 Å². The zero-order valence-corrected chi connectivity index (χ0v) is 15.3. The van der Waals surface area contributed by atoms with E-state index in [1.165, 1.54) is 4.90 Å². The van der Waals surface area contributed by atoms with Crippen molar-refractivity contribution >= 4 is 23.5 Å². The summed E-state index contributed by atoms with van der Waals surface area (Å²) in [5.41, 5.74) is 0.947. The molecule has 4 rings (SSSR count). The first-order valence-corrected chi connectivity index (χ1v) is 9.12. The molecule has 7 nitrogen and oxygen atoms in total. The van der Waals surface area contributed by atoms with Gasteiger partial charge >= 0.3 is 5.97 Å². The van der Waals surface area contributed by atoms with Crippen molar-refractivity contribution in [1.29, 1.82) is 0 Å². The number of hydrogen-bond acceptors (Lipinski definition) is 5. The minimum Gasteiger partial charge on any atom is -0.465 e. The van der Waals surface area contributed by atoms with Gasteiger partial charge in [-0.2, -0.15) is 0 Å². The van der Waals surface area contributed by atoms with Crippen molar-refractivity contribution < 1.29 is 23.9 Å². The lowest BCUT2D eigenvalue weighted by atomic mass is 9.77. The van der Waals surface area contributed by atoms with Gasteiger partial charge in [-0.3, -0.25) is 14.4 Å². The van der Waals surface area contributed by atoms with Crippen molar-refractivity contribution in [2.45, 2.75) is 25.6 Å². The lowest BCUT2D eigenvalue weighted by molar-refractivity contribution is -0.148. The summed E-state index contributed by atoms with van der Waals surface area (Å²) in [5, 5.41) is 2.89. The molecule has 2 amide bonds. The van der Waals surface area contributed by atoms with E-state index in [1.807, 2.05) is 43.3 Å². The Morgan fingerprint density at radius 2 is 2.07 bits per heavy atom. The van der Waals surface area contributed by atoms with E-state index in [2.05, 4.69) is 5.32 Å². The van der Waals surface area contributed by atoms with Crippen LogP contribution in [-0.4, -0.2) is 54.1 Å². The number of amides is 2. The van der Waals surface area contributed by atoms with E-state index in [0.717, 1.165) is 5.56 Å². The molecule has 1 aromatic carbocycles. The Hall–Kier alpha value is -2.67. The van der Waals surface area contributed by atoms with E-state index in [4.69, 9.17) is 9.47 Å². The van der Waals surface area contributed by atoms with E-state index in [-0.39, 0.29) is 31.5 Å². The number of nitrogens with zero attached hydrogens (tertiary/aromatic N) is 1. The minimum absolute atomic E-state index is 0.126. The van der Waals surface area contributed by atoms with E-state index in [1.54, 1.807) is 6.92 Å². The van der Waals surface area contributed by atoms with Gasteiger partial charge in [0.2, 0.25) is 11.8 Å². The zero-order valence-electron chi connectivity index (χ0n) is 15.3. The molecule has 2 fully saturated rings. The number of esters is 1. The van der Waals surface area contributed by atoms with Crippen LogP contribution >= 0.6 is 0 Å². The second-order valence-electron chi connectivity index (χ2n) is 7.25. The fourth-order valence-corrected chi connectivity index (χ4v) is 4.24. The molecule has 2 saturated heterocycles. The van der Waals surface area contributed by atoms with Crippen LogP contribution < -0.4 is 5.32 Å². The number of anilines is 1. The molecule has 4 unspecified atom stereocenters. The molecule has 0 aliphatic carbocycles. The lowest BCUT2D eigenvalue weighted by Gasteiger charge is -2.23. The number of fused-ring (bicyclic) bond motifs is 1. The Kier molecular flexibility index (Phi) is 4.26. The van der Waals surface area contributed by atoms with Gasteiger partial charge in [-0.15, -0.1) is 0 Å². The molecular weight excluding hydrogens is 348 g/mol. The SMILES string of the molecule is CCOC(=O)CN1CC23C=CC(O2)C(C(=O)Nc2ccc(C)cc2)C3C1=O. The van der Waals surface area contributed by atoms with Crippen LogP contribution in [0.25, 0.3) is 0 Å². The fourth-order valence-electron chi connectivity index (χ4n) is 4.24. The maximum Gasteiger partial charge on any atom is 0.325 e. The van der Waals surface area contributed by atoms with Gasteiger partial charge in [0.1, 0.15) is 12.1 Å². The normalized spacial score (nSPS) is 30.5. The molecule has 1 spiro atoms. The van der Waals surface area contributed by atoms with Gasteiger partial charge in [0.05, 0.1) is 31.1 Å². The van der Waals surface area contributed by atoms with Crippen LogP contribution in [0.4, 0.5) is 5.69 Å². The summed E-state index contributed by atoms with van der Waals surface area (Å²) in [5.74, 6) is -2.17. The number of carbonyl (C=O) groups excluding carboxylic acids is 3. The fraction of sp³-hybridized carbons (Fsp3) is 0.450. The van der Waals surface area contributed by atoms with Crippen molar-refractivity contribution in [2.24, 2.45) is 11.8 Å². The number of aryl methyl sites for hydroxylation is 1. The first kappa shape index (κ1) is 17.7. The van der Waals surface area contributed by atoms with Gasteiger partial charge in [-0.25, -0.2) is 0 Å². The van der Waals surface area contributed by atoms with Crippen LogP contribution in [0.15, 0.2) is 36.4 Å². The van der Waals surface area contributed by atoms with Crippen LogP contribution in [-0.2, 0) is 23.9 Å². The van der Waals surface area contributed by atoms with Gasteiger partial charge in [-0.05, 0) is 26.0 Å². The molecule has 1 N–H and O–H groups in total. The van der Waals surface area contributed by atoms with Crippen LogP contribution in [0, 0.1) is 18.8 Å². The highest BCUT2D eigenvalue weighted by Gasteiger charge is 2.66. The van der Waals surface area contributed by atoms with Crippen molar-refractivity contribution in [3.05, 3.63) is 42.0 Å². The van der Waals surface area contributed by atoms with Crippen molar-refractivity contribution in [2.75, 3.05) is 25.0 Å². The molecule has 142 valence electrons. The molecule has 4 atom stereocenters. The quantitative estimate of drug-likeness (QED) is 0.623. The average Bonchev–Trinajstić information content (AvgIpc) is 3.26. The van der Waals surface area contributed by atoms with E-state index in [9.17, 15) is 14.4 Å². The van der Waals surface area contributed by atoms with E-state index < -0.39 is 29.5 Å². The summed E-state index contributed by atoms with van der Waals surface area (Å²) in [7, 11) is 0. The number of nitrogens with one attached hydrogen (secondary N) is 1. The summed E-state index contributed by atoms with van der Waals surface area (Å²) in [4.78, 5) is 39.1. The molecule has 3 heterocycles. The molecule has 0 aromatic heterocycles. The third-order valence-corrected chi connectivity index (χ3v) is 5.43. The van der Waals surface area contributed by atoms with Gasteiger partial charge in [-0.1, -0.05) is 29.8 Å². The smallest absolute Gasteiger partial charge is 0.325 e. The van der Waals surface area contributed by atoms with Crippen LogP contribution in [0.1, 0.15) is 12.5 Å². The summed E-state index contributed by atoms with van der Waals surface area (Å²) in [6, 6.07) is 7.49. The second kappa shape index (κ2) is 6.49. The molecule has 7 heteroatoms. The van der Waals surface area contributed by atoms with Crippen molar-refractivity contribution in [3.8, 4) is 0 Å². The molecule has 3 aliphatic rings. The highest BCUT2D eigenvalue weighted by molar-refractivity contribution is 5.99. The molecule has 0 radical (unpaired) electrons. The third kappa shape index (κ3) is 2.92. The van der Waals surface area contributed by atoms with E-state index in [0.29, 0.717) is 5.69 Å². The topological polar surface area (TPSA) is 84.9 Å². The highest BCUT2D eigenvalue weighted by atomic mass is 16.5. The summed E-state index contributed by atoms with van der Waals surface area (Å²) < 4.78 is 11.0. The molecule has 1 aromatic rings. The number of hydrogen-bond donors (Lipinski definition) is 1. The van der Waals surface area contributed by atoms with Crippen LogP contribution in [0.2, 0.25) is 0 Å². The summed E-state index contributed by atoms with van der Waals surface area (Å²) in [6.45, 7) is 4.08. The van der Waals surface area contributed by atoms with Gasteiger partial charge < -0.3 is 19.7 Å². The second-order valence-corrected chi connectivity index (χ2v) is 7.25. The average molecular weight is 370 g/mol. The number of benzene rings is 1. The Bertz CT molecular complexity index is 818. The first-order chi connectivity index (χ1) is 12.9. The number of likely N-dealkylation sites (tertiary alicyclic amines) is 1. The predicted octanol–water partition coefficient (Wildman–Crippen LogP) is 1.28. The monoisotopic (exact) mass is 370 g/mol. The highest BCUT2D eigenvalue weighted by Crippen LogP contribution is 2.52. The molecule has 0 saturated carbocycles. The standard InChI is InChI=1S/C20H22N2O5/c1-3-26-15(23)10-22-11-20-9-8-14(27-20)16(17(20)19(22)25)18(24)21-13-6-4-12(2)5-7-13/h4-9,14,16-17H,3,10-11H2,1-2H3,(H,21,24). The number of carbonyl (C=O) groups is 3. The summed E-state index contributed by atoms with van der Waals surface area (Å²) in [6.07, 6.45) is 3.28. The summed E-state index contributed by atoms with van der Waals surface area (Å²) >= 11 is 0. The Balaban J connectivity index is 1.52. The molecule has 3 aliphatic heterocycles. The maximum absolute atomic E-state index is 12.9. The largest absolute Gasteiger partial charge is 0.465 e. The first-order valence-electron chi connectivity index (χ1n) is 9.12. The third-order valence-electron chi connectivity index (χ3n) is 5.43. The van der Waals surface area contributed by atoms with Crippen LogP contribution in [0.5, 0.6) is 0 Å². The molecule has 27 heavy (non-hydrogen) atoms. The number of ether oxygens (including phenoxy) is 2. The molecule has 2 bridgehead atoms.